The molecule has 21 heavy (non-hydrogen) atoms. The molecule has 0 heterocycles. The van der Waals surface area contributed by atoms with Crippen LogP contribution in [0.4, 0.5) is 0 Å². The van der Waals surface area contributed by atoms with Gasteiger partial charge in [-0.25, -0.2) is 0 Å². The Bertz CT molecular complexity index is 596. The Morgan fingerprint density at radius 2 is 2.10 bits per heavy atom. The largest absolute Gasteiger partial charge is 0.508 e. The highest BCUT2D eigenvalue weighted by atomic mass is 16.5. The molecule has 0 spiro atoms. The summed E-state index contributed by atoms with van der Waals surface area (Å²) in [6.07, 6.45) is 3.37. The first-order chi connectivity index (χ1) is 9.72. The fraction of sp³-hybridized carbons (Fsp3) is 0.500. The first kappa shape index (κ1) is 15.4. The van der Waals surface area contributed by atoms with Crippen LogP contribution < -0.4 is 0 Å². The van der Waals surface area contributed by atoms with E-state index in [2.05, 4.69) is 0 Å². The van der Waals surface area contributed by atoms with Gasteiger partial charge < -0.3 is 14.9 Å². The zero-order chi connectivity index (χ0) is 15.9. The molecule has 0 aromatic carbocycles. The molecule has 0 fully saturated rings. The molecule has 5 nitrogen and oxygen atoms in total. The lowest BCUT2D eigenvalue weighted by molar-refractivity contribution is -0.144. The molecule has 2 aliphatic rings. The van der Waals surface area contributed by atoms with Gasteiger partial charge in [-0.2, -0.15) is 0 Å². The quantitative estimate of drug-likeness (QED) is 0.764. The number of esters is 1. The summed E-state index contributed by atoms with van der Waals surface area (Å²) in [7, 11) is 1.28. The first-order valence-corrected chi connectivity index (χ1v) is 6.91. The summed E-state index contributed by atoms with van der Waals surface area (Å²) < 4.78 is 4.70. The third-order valence-electron chi connectivity index (χ3n) is 4.67. The van der Waals surface area contributed by atoms with Crippen molar-refractivity contribution in [2.75, 3.05) is 7.11 Å². The van der Waals surface area contributed by atoms with Crippen molar-refractivity contribution >= 4 is 11.8 Å². The van der Waals surface area contributed by atoms with Gasteiger partial charge in [-0.1, -0.05) is 19.9 Å². The smallest absolute Gasteiger partial charge is 0.312 e. The predicted octanol–water partition coefficient (Wildman–Crippen LogP) is 2.60. The Morgan fingerprint density at radius 3 is 2.67 bits per heavy atom. The molecule has 0 aromatic heterocycles. The number of hydrogen-bond donors (Lipinski definition) is 2. The monoisotopic (exact) mass is 292 g/mol. The summed E-state index contributed by atoms with van der Waals surface area (Å²) in [6, 6.07) is 0. The molecule has 2 N–H and O–H groups in total. The van der Waals surface area contributed by atoms with Crippen LogP contribution in [0, 0.1) is 17.3 Å². The molecule has 2 rings (SSSR count). The van der Waals surface area contributed by atoms with E-state index in [-0.39, 0.29) is 23.2 Å². The van der Waals surface area contributed by atoms with Crippen LogP contribution in [0.25, 0.3) is 0 Å². The number of aliphatic hydroxyl groups excluding tert-OH is 2. The summed E-state index contributed by atoms with van der Waals surface area (Å²) >= 11 is 0. The summed E-state index contributed by atoms with van der Waals surface area (Å²) in [6.45, 7) is 5.45. The number of allylic oxidation sites excluding steroid dienone is 4. The number of aliphatic hydroxyl groups is 2. The average Bonchev–Trinajstić information content (AvgIpc) is 2.45. The molecule has 0 aromatic rings. The molecular formula is C16H20O5. The lowest BCUT2D eigenvalue weighted by Crippen LogP contribution is -2.36. The average molecular weight is 292 g/mol. The summed E-state index contributed by atoms with van der Waals surface area (Å²) in [5.41, 5.74) is 0.181. The van der Waals surface area contributed by atoms with Crippen molar-refractivity contribution in [3.05, 3.63) is 34.8 Å². The Morgan fingerprint density at radius 1 is 1.48 bits per heavy atom. The number of ketones is 1. The second-order valence-corrected chi connectivity index (χ2v) is 5.95. The standard InChI is InChI=1S/C16H20O5/c1-8-5-13(18)14(19)11-6-12(17)10(7-16(8,11)3)9(2)15(20)21-4/h6-9,18-19H,5H2,1-4H3/t8-,9?,16+/m0/s1. The summed E-state index contributed by atoms with van der Waals surface area (Å²) in [5, 5.41) is 19.8. The minimum Gasteiger partial charge on any atom is -0.508 e. The molecule has 0 radical (unpaired) electrons. The normalized spacial score (nSPS) is 30.3. The number of fused-ring (bicyclic) bond motifs is 1. The molecule has 3 atom stereocenters. The number of ether oxygens (including phenoxy) is 1. The van der Waals surface area contributed by atoms with Crippen molar-refractivity contribution < 1.29 is 24.5 Å². The van der Waals surface area contributed by atoms with Crippen LogP contribution in [0.1, 0.15) is 27.2 Å². The number of carbonyl (C=O) groups excluding carboxylic acids is 2. The van der Waals surface area contributed by atoms with Crippen molar-refractivity contribution in [1.82, 2.24) is 0 Å². The van der Waals surface area contributed by atoms with Gasteiger partial charge in [0.2, 0.25) is 0 Å². The lowest BCUT2D eigenvalue weighted by Gasteiger charge is -2.41. The highest BCUT2D eigenvalue weighted by Crippen LogP contribution is 2.50. The molecule has 0 saturated heterocycles. The van der Waals surface area contributed by atoms with E-state index < -0.39 is 17.3 Å². The third kappa shape index (κ3) is 2.26. The second kappa shape index (κ2) is 5.06. The van der Waals surface area contributed by atoms with Gasteiger partial charge in [-0.05, 0) is 18.9 Å². The van der Waals surface area contributed by atoms with E-state index in [9.17, 15) is 19.8 Å². The molecule has 5 heteroatoms. The van der Waals surface area contributed by atoms with Gasteiger partial charge in [0, 0.05) is 23.0 Å². The van der Waals surface area contributed by atoms with Crippen LogP contribution in [-0.4, -0.2) is 29.1 Å². The van der Waals surface area contributed by atoms with Crippen LogP contribution in [0.3, 0.4) is 0 Å². The van der Waals surface area contributed by atoms with E-state index in [0.29, 0.717) is 17.6 Å². The molecule has 114 valence electrons. The van der Waals surface area contributed by atoms with E-state index in [1.807, 2.05) is 13.8 Å². The number of carbonyl (C=O) groups is 2. The third-order valence-corrected chi connectivity index (χ3v) is 4.67. The lowest BCUT2D eigenvalue weighted by atomic mass is 9.62. The molecule has 2 aliphatic carbocycles. The Balaban J connectivity index is 2.52. The van der Waals surface area contributed by atoms with Crippen molar-refractivity contribution in [2.45, 2.75) is 27.2 Å². The molecule has 0 amide bonds. The SMILES string of the molecule is COC(=O)C(C)C1=C[C@@]2(C)C(=CC1=O)C(O)=C(O)C[C@@H]2C. The highest BCUT2D eigenvalue weighted by molar-refractivity contribution is 6.09. The maximum absolute atomic E-state index is 12.2. The first-order valence-electron chi connectivity index (χ1n) is 6.91. The van der Waals surface area contributed by atoms with Crippen molar-refractivity contribution in [3.8, 4) is 0 Å². The Labute approximate surface area is 123 Å². The van der Waals surface area contributed by atoms with Gasteiger partial charge in [0.1, 0.15) is 5.76 Å². The summed E-state index contributed by atoms with van der Waals surface area (Å²) in [4.78, 5) is 23.9. The van der Waals surface area contributed by atoms with Crippen molar-refractivity contribution in [2.24, 2.45) is 17.3 Å². The highest BCUT2D eigenvalue weighted by Gasteiger charge is 2.45. The van der Waals surface area contributed by atoms with Crippen molar-refractivity contribution in [3.63, 3.8) is 0 Å². The number of hydrogen-bond acceptors (Lipinski definition) is 5. The van der Waals surface area contributed by atoms with E-state index in [1.54, 1.807) is 13.0 Å². The molecule has 0 aliphatic heterocycles. The van der Waals surface area contributed by atoms with Crippen LogP contribution in [0.5, 0.6) is 0 Å². The van der Waals surface area contributed by atoms with Crippen LogP contribution >= 0.6 is 0 Å². The fourth-order valence-electron chi connectivity index (χ4n) is 2.97. The van der Waals surface area contributed by atoms with E-state index in [1.165, 1.54) is 13.2 Å². The van der Waals surface area contributed by atoms with Crippen LogP contribution in [-0.2, 0) is 14.3 Å². The molecule has 0 bridgehead atoms. The van der Waals surface area contributed by atoms with Crippen LogP contribution in [0.15, 0.2) is 34.8 Å². The number of methoxy groups -OCH3 is 1. The predicted molar refractivity (Wildman–Crippen MR) is 76.5 cm³/mol. The van der Waals surface area contributed by atoms with Gasteiger partial charge in [0.25, 0.3) is 0 Å². The molecule has 1 unspecified atom stereocenters. The molecule has 0 saturated carbocycles. The zero-order valence-electron chi connectivity index (χ0n) is 12.6. The topological polar surface area (TPSA) is 83.8 Å². The Kier molecular flexibility index (Phi) is 3.70. The fourth-order valence-corrected chi connectivity index (χ4v) is 2.97. The molecular weight excluding hydrogens is 272 g/mol. The van der Waals surface area contributed by atoms with Crippen molar-refractivity contribution in [1.29, 1.82) is 0 Å². The maximum Gasteiger partial charge on any atom is 0.312 e. The minimum absolute atomic E-state index is 0.00685. The van der Waals surface area contributed by atoms with Gasteiger partial charge >= 0.3 is 5.97 Å². The number of rotatable bonds is 2. The summed E-state index contributed by atoms with van der Waals surface area (Å²) in [5.74, 6) is -1.81. The van der Waals surface area contributed by atoms with E-state index in [0.717, 1.165) is 0 Å². The Hall–Kier alpha value is -2.04. The second-order valence-electron chi connectivity index (χ2n) is 5.95. The maximum atomic E-state index is 12.2. The van der Waals surface area contributed by atoms with Gasteiger partial charge in [-0.15, -0.1) is 0 Å². The van der Waals surface area contributed by atoms with Crippen LogP contribution in [0.2, 0.25) is 0 Å². The van der Waals surface area contributed by atoms with Gasteiger partial charge in [0.15, 0.2) is 11.5 Å². The van der Waals surface area contributed by atoms with Gasteiger partial charge in [-0.3, -0.25) is 9.59 Å². The minimum atomic E-state index is -0.661. The van der Waals surface area contributed by atoms with E-state index >= 15 is 0 Å². The zero-order valence-corrected chi connectivity index (χ0v) is 12.6. The van der Waals surface area contributed by atoms with E-state index in [4.69, 9.17) is 4.74 Å². The van der Waals surface area contributed by atoms with Gasteiger partial charge in [0.05, 0.1) is 13.0 Å².